The van der Waals surface area contributed by atoms with Crippen LogP contribution >= 0.6 is 0 Å². The average molecular weight is 384 g/mol. The summed E-state index contributed by atoms with van der Waals surface area (Å²) in [5.74, 6) is 1.21. The van der Waals surface area contributed by atoms with Crippen LogP contribution in [0.1, 0.15) is 50.9 Å². The number of furan rings is 1. The normalized spacial score (nSPS) is 11.2. The molecule has 2 aromatic carbocycles. The van der Waals surface area contributed by atoms with Gasteiger partial charge in [0, 0.05) is 23.4 Å². The number of hydrogen-bond acceptors (Lipinski definition) is 4. The summed E-state index contributed by atoms with van der Waals surface area (Å²) in [6.45, 7) is 8.25. The van der Waals surface area contributed by atoms with Gasteiger partial charge in [-0.3, -0.25) is 4.79 Å². The minimum Gasteiger partial charge on any atom is -0.490 e. The minimum atomic E-state index is -0.342. The van der Waals surface area contributed by atoms with Gasteiger partial charge >= 0.3 is 0 Å². The average Bonchev–Trinajstić information content (AvgIpc) is 3.03. The molecule has 0 aliphatic heterocycles. The summed E-state index contributed by atoms with van der Waals surface area (Å²) in [6.07, 6.45) is 1.14. The van der Waals surface area contributed by atoms with E-state index in [9.17, 15) is 9.18 Å². The fourth-order valence-electron chi connectivity index (χ4n) is 3.03. The van der Waals surface area contributed by atoms with Gasteiger partial charge in [0.1, 0.15) is 17.2 Å². The van der Waals surface area contributed by atoms with Gasteiger partial charge in [0.25, 0.3) is 0 Å². The topological polar surface area (TPSA) is 48.7 Å². The Bertz CT molecular complexity index is 970. The van der Waals surface area contributed by atoms with Crippen molar-refractivity contribution in [3.63, 3.8) is 0 Å². The maximum Gasteiger partial charge on any atom is 0.167 e. The summed E-state index contributed by atoms with van der Waals surface area (Å²) in [5.41, 5.74) is 1.68. The van der Waals surface area contributed by atoms with E-state index in [2.05, 4.69) is 0 Å². The third-order valence-electron chi connectivity index (χ3n) is 4.29. The number of benzene rings is 2. The zero-order valence-electron chi connectivity index (χ0n) is 16.7. The highest BCUT2D eigenvalue weighted by Crippen LogP contribution is 2.41. The van der Waals surface area contributed by atoms with Crippen molar-refractivity contribution in [1.29, 1.82) is 0 Å². The SMILES string of the molecule is CCCOc1cc2oc(-c3ccc(F)cc3)c(C(=O)CC)c2cc1OC(C)C. The predicted octanol–water partition coefficient (Wildman–Crippen LogP) is 6.41. The molecule has 1 heterocycles. The summed E-state index contributed by atoms with van der Waals surface area (Å²) in [5, 5.41) is 0.672. The molecule has 1 aromatic heterocycles. The number of halogens is 1. The molecule has 0 fully saturated rings. The Morgan fingerprint density at radius 3 is 2.43 bits per heavy atom. The van der Waals surface area contributed by atoms with Gasteiger partial charge in [-0.1, -0.05) is 13.8 Å². The van der Waals surface area contributed by atoms with Crippen LogP contribution in [0.2, 0.25) is 0 Å². The molecule has 3 aromatic rings. The smallest absolute Gasteiger partial charge is 0.167 e. The largest absolute Gasteiger partial charge is 0.490 e. The maximum absolute atomic E-state index is 13.3. The van der Waals surface area contributed by atoms with Crippen LogP contribution in [0.4, 0.5) is 4.39 Å². The monoisotopic (exact) mass is 384 g/mol. The Morgan fingerprint density at radius 2 is 1.82 bits per heavy atom. The number of hydrogen-bond donors (Lipinski definition) is 0. The summed E-state index contributed by atoms with van der Waals surface area (Å²) < 4.78 is 31.2. The van der Waals surface area contributed by atoms with Crippen LogP contribution in [0.25, 0.3) is 22.3 Å². The molecule has 0 N–H and O–H groups in total. The first kappa shape index (κ1) is 19.9. The molecule has 0 amide bonds. The number of carbonyl (C=O) groups excluding carboxylic acids is 1. The molecule has 0 unspecified atom stereocenters. The number of carbonyl (C=O) groups is 1. The quantitative estimate of drug-likeness (QED) is 0.421. The molecule has 3 rings (SSSR count). The van der Waals surface area contributed by atoms with Crippen LogP contribution in [-0.4, -0.2) is 18.5 Å². The van der Waals surface area contributed by atoms with Crippen LogP contribution in [0.5, 0.6) is 11.5 Å². The molecule has 4 nitrogen and oxygen atoms in total. The lowest BCUT2D eigenvalue weighted by Gasteiger charge is -2.15. The van der Waals surface area contributed by atoms with E-state index in [1.54, 1.807) is 31.2 Å². The molecule has 28 heavy (non-hydrogen) atoms. The Labute approximate surface area is 164 Å². The number of ketones is 1. The second-order valence-corrected chi connectivity index (χ2v) is 6.90. The molecule has 0 spiro atoms. The first-order chi connectivity index (χ1) is 13.4. The third kappa shape index (κ3) is 4.03. The van der Waals surface area contributed by atoms with E-state index in [1.807, 2.05) is 20.8 Å². The van der Waals surface area contributed by atoms with Crippen molar-refractivity contribution in [2.24, 2.45) is 0 Å². The number of rotatable bonds is 8. The molecule has 0 saturated heterocycles. The first-order valence-electron chi connectivity index (χ1n) is 9.63. The van der Waals surface area contributed by atoms with Crippen molar-refractivity contribution < 1.29 is 23.1 Å². The highest BCUT2D eigenvalue weighted by Gasteiger charge is 2.23. The van der Waals surface area contributed by atoms with Gasteiger partial charge in [0.2, 0.25) is 0 Å². The summed E-state index contributed by atoms with van der Waals surface area (Å²) in [6, 6.07) is 9.50. The van der Waals surface area contributed by atoms with Crippen molar-refractivity contribution in [2.75, 3.05) is 6.61 Å². The van der Waals surface area contributed by atoms with Gasteiger partial charge in [-0.25, -0.2) is 4.39 Å². The van der Waals surface area contributed by atoms with Crippen molar-refractivity contribution in [3.05, 3.63) is 47.8 Å². The van der Waals surface area contributed by atoms with Crippen LogP contribution in [0.3, 0.4) is 0 Å². The molecule has 5 heteroatoms. The predicted molar refractivity (Wildman–Crippen MR) is 108 cm³/mol. The van der Waals surface area contributed by atoms with E-state index < -0.39 is 0 Å². The van der Waals surface area contributed by atoms with E-state index in [-0.39, 0.29) is 17.7 Å². The number of Topliss-reactive ketones (excluding diaryl/α,β-unsaturated/α-hetero) is 1. The summed E-state index contributed by atoms with van der Waals surface area (Å²) >= 11 is 0. The van der Waals surface area contributed by atoms with Gasteiger partial charge < -0.3 is 13.9 Å². The lowest BCUT2D eigenvalue weighted by molar-refractivity contribution is 0.0989. The molecular weight excluding hydrogens is 359 g/mol. The highest BCUT2D eigenvalue weighted by atomic mass is 19.1. The van der Waals surface area contributed by atoms with E-state index in [1.165, 1.54) is 12.1 Å². The van der Waals surface area contributed by atoms with Gasteiger partial charge in [-0.15, -0.1) is 0 Å². The Hall–Kier alpha value is -2.82. The fraction of sp³-hybridized carbons (Fsp3) is 0.348. The molecule has 0 radical (unpaired) electrons. The second-order valence-electron chi connectivity index (χ2n) is 6.90. The molecule has 0 bridgehead atoms. The van der Waals surface area contributed by atoms with Crippen LogP contribution in [-0.2, 0) is 0 Å². The van der Waals surface area contributed by atoms with Gasteiger partial charge in [-0.2, -0.15) is 0 Å². The number of ether oxygens (including phenoxy) is 2. The van der Waals surface area contributed by atoms with E-state index >= 15 is 0 Å². The lowest BCUT2D eigenvalue weighted by Crippen LogP contribution is -2.08. The van der Waals surface area contributed by atoms with E-state index in [0.29, 0.717) is 52.4 Å². The molecule has 0 aliphatic carbocycles. The highest BCUT2D eigenvalue weighted by molar-refractivity contribution is 6.12. The van der Waals surface area contributed by atoms with Crippen LogP contribution < -0.4 is 9.47 Å². The molecule has 0 aliphatic rings. The van der Waals surface area contributed by atoms with Gasteiger partial charge in [0.15, 0.2) is 17.3 Å². The second kappa shape index (κ2) is 8.46. The van der Waals surface area contributed by atoms with E-state index in [0.717, 1.165) is 6.42 Å². The van der Waals surface area contributed by atoms with Crippen molar-refractivity contribution >= 4 is 16.8 Å². The van der Waals surface area contributed by atoms with Gasteiger partial charge in [0.05, 0.1) is 18.3 Å². The van der Waals surface area contributed by atoms with E-state index in [4.69, 9.17) is 13.9 Å². The van der Waals surface area contributed by atoms with Crippen molar-refractivity contribution in [1.82, 2.24) is 0 Å². The fourth-order valence-corrected chi connectivity index (χ4v) is 3.03. The van der Waals surface area contributed by atoms with Crippen molar-refractivity contribution in [2.45, 2.75) is 46.6 Å². The Morgan fingerprint density at radius 1 is 1.11 bits per heavy atom. The lowest BCUT2D eigenvalue weighted by atomic mass is 10.0. The van der Waals surface area contributed by atoms with Crippen LogP contribution in [0, 0.1) is 5.82 Å². The molecule has 0 saturated carbocycles. The third-order valence-corrected chi connectivity index (χ3v) is 4.29. The Kier molecular flexibility index (Phi) is 6.02. The summed E-state index contributed by atoms with van der Waals surface area (Å²) in [7, 11) is 0. The zero-order valence-corrected chi connectivity index (χ0v) is 16.7. The number of fused-ring (bicyclic) bond motifs is 1. The van der Waals surface area contributed by atoms with Crippen molar-refractivity contribution in [3.8, 4) is 22.8 Å². The maximum atomic E-state index is 13.3. The molecule has 0 atom stereocenters. The minimum absolute atomic E-state index is 0.0456. The standard InChI is InChI=1S/C23H25FO4/c1-5-11-26-20-13-19-17(12-21(20)27-14(3)4)22(18(25)6-2)23(28-19)15-7-9-16(24)10-8-15/h7-10,12-14H,5-6,11H2,1-4H3. The van der Waals surface area contributed by atoms with Crippen LogP contribution in [0.15, 0.2) is 40.8 Å². The molecular formula is C23H25FO4. The summed E-state index contributed by atoms with van der Waals surface area (Å²) in [4.78, 5) is 12.7. The zero-order chi connectivity index (χ0) is 20.3. The Balaban J connectivity index is 2.23. The molecule has 148 valence electrons. The van der Waals surface area contributed by atoms with Gasteiger partial charge in [-0.05, 0) is 50.6 Å². The first-order valence-corrected chi connectivity index (χ1v) is 9.63.